The number of para-hydroxylation sites is 2. The Morgan fingerprint density at radius 2 is 2.08 bits per heavy atom. The minimum atomic E-state index is -0.612. The third-order valence-corrected chi connectivity index (χ3v) is 4.37. The van der Waals surface area contributed by atoms with Gasteiger partial charge in [-0.3, -0.25) is 9.59 Å². The summed E-state index contributed by atoms with van der Waals surface area (Å²) in [6, 6.07) is 11.0. The summed E-state index contributed by atoms with van der Waals surface area (Å²) in [6.45, 7) is 1.79. The average Bonchev–Trinajstić information content (AvgIpc) is 2.61. The van der Waals surface area contributed by atoms with E-state index in [1.807, 2.05) is 6.07 Å². The van der Waals surface area contributed by atoms with E-state index in [1.54, 1.807) is 25.1 Å². The summed E-state index contributed by atoms with van der Waals surface area (Å²) in [5.41, 5.74) is 1.15. The highest BCUT2D eigenvalue weighted by Crippen LogP contribution is 2.33. The van der Waals surface area contributed by atoms with Gasteiger partial charge in [0.1, 0.15) is 18.2 Å². The number of carbonyl (C=O) groups is 2. The first-order valence-electron chi connectivity index (χ1n) is 8.12. The van der Waals surface area contributed by atoms with Crippen molar-refractivity contribution in [2.24, 2.45) is 0 Å². The maximum absolute atomic E-state index is 13.0. The predicted molar refractivity (Wildman–Crippen MR) is 94.7 cm³/mol. The summed E-state index contributed by atoms with van der Waals surface area (Å²) in [4.78, 5) is 25.9. The first-order chi connectivity index (χ1) is 12.5. The van der Waals surface area contributed by atoms with Crippen LogP contribution in [0.1, 0.15) is 18.9 Å². The number of rotatable bonds is 5. The minimum Gasteiger partial charge on any atom is -0.479 e. The summed E-state index contributed by atoms with van der Waals surface area (Å²) in [7, 11) is 0. The molecule has 0 unspecified atom stereocenters. The highest BCUT2D eigenvalue weighted by molar-refractivity contribution is 6.31. The van der Waals surface area contributed by atoms with Crippen LogP contribution < -0.4 is 9.64 Å². The molecule has 136 valence electrons. The van der Waals surface area contributed by atoms with E-state index in [9.17, 15) is 14.0 Å². The van der Waals surface area contributed by atoms with Crippen LogP contribution in [0.4, 0.5) is 10.1 Å². The van der Waals surface area contributed by atoms with Crippen LogP contribution in [0.3, 0.4) is 0 Å². The Morgan fingerprint density at radius 1 is 1.31 bits per heavy atom. The van der Waals surface area contributed by atoms with Gasteiger partial charge in [-0.05, 0) is 31.2 Å². The SMILES string of the molecule is C[C@@H]1Oc2ccccc2N(CCC(=O)OCc2ccc(F)cc2Cl)C1=O. The molecule has 0 fully saturated rings. The Morgan fingerprint density at radius 3 is 2.85 bits per heavy atom. The third kappa shape index (κ3) is 3.96. The first kappa shape index (κ1) is 18.2. The molecule has 0 aliphatic carbocycles. The first-order valence-corrected chi connectivity index (χ1v) is 8.50. The van der Waals surface area contributed by atoms with Crippen molar-refractivity contribution in [1.82, 2.24) is 0 Å². The van der Waals surface area contributed by atoms with Gasteiger partial charge < -0.3 is 14.4 Å². The van der Waals surface area contributed by atoms with Crippen LogP contribution in [0.25, 0.3) is 0 Å². The van der Waals surface area contributed by atoms with Crippen LogP contribution in [0.2, 0.25) is 5.02 Å². The molecule has 0 spiro atoms. The molecule has 26 heavy (non-hydrogen) atoms. The molecule has 1 atom stereocenters. The molecule has 2 aromatic rings. The number of anilines is 1. The van der Waals surface area contributed by atoms with Gasteiger partial charge in [-0.25, -0.2) is 4.39 Å². The minimum absolute atomic E-state index is 0.0195. The lowest BCUT2D eigenvalue weighted by Crippen LogP contribution is -2.45. The second-order valence-electron chi connectivity index (χ2n) is 5.86. The number of hydrogen-bond acceptors (Lipinski definition) is 4. The molecule has 1 heterocycles. The lowest BCUT2D eigenvalue weighted by atomic mass is 10.2. The Labute approximate surface area is 155 Å². The van der Waals surface area contributed by atoms with E-state index in [0.717, 1.165) is 6.07 Å². The van der Waals surface area contributed by atoms with Gasteiger partial charge in [0, 0.05) is 12.1 Å². The quantitative estimate of drug-likeness (QED) is 0.745. The molecule has 0 aromatic heterocycles. The zero-order valence-electron chi connectivity index (χ0n) is 14.1. The van der Waals surface area contributed by atoms with Gasteiger partial charge in [-0.15, -0.1) is 0 Å². The smallest absolute Gasteiger partial charge is 0.307 e. The van der Waals surface area contributed by atoms with Crippen LogP contribution in [0.15, 0.2) is 42.5 Å². The second-order valence-corrected chi connectivity index (χ2v) is 6.27. The van der Waals surface area contributed by atoms with Gasteiger partial charge in [-0.1, -0.05) is 29.8 Å². The number of nitrogens with zero attached hydrogens (tertiary/aromatic N) is 1. The number of halogens is 2. The maximum atomic E-state index is 13.0. The molecule has 2 aromatic carbocycles. The normalized spacial score (nSPS) is 16.0. The monoisotopic (exact) mass is 377 g/mol. The lowest BCUT2D eigenvalue weighted by Gasteiger charge is -2.32. The molecule has 1 aliphatic heterocycles. The van der Waals surface area contributed by atoms with E-state index in [4.69, 9.17) is 21.1 Å². The van der Waals surface area contributed by atoms with Crippen molar-refractivity contribution >= 4 is 29.2 Å². The largest absolute Gasteiger partial charge is 0.479 e. The molecular weight excluding hydrogens is 361 g/mol. The fourth-order valence-electron chi connectivity index (χ4n) is 2.66. The maximum Gasteiger partial charge on any atom is 0.307 e. The fourth-order valence-corrected chi connectivity index (χ4v) is 2.88. The molecule has 0 N–H and O–H groups in total. The lowest BCUT2D eigenvalue weighted by molar-refractivity contribution is -0.144. The predicted octanol–water partition coefficient (Wildman–Crippen LogP) is 3.73. The molecule has 7 heteroatoms. The van der Waals surface area contributed by atoms with Crippen molar-refractivity contribution in [3.63, 3.8) is 0 Å². The van der Waals surface area contributed by atoms with E-state index in [2.05, 4.69) is 0 Å². The summed E-state index contributed by atoms with van der Waals surface area (Å²) >= 11 is 5.91. The summed E-state index contributed by atoms with van der Waals surface area (Å²) in [6.07, 6.45) is -0.593. The van der Waals surface area contributed by atoms with Crippen LogP contribution in [-0.4, -0.2) is 24.5 Å². The van der Waals surface area contributed by atoms with Crippen molar-refractivity contribution in [2.45, 2.75) is 26.1 Å². The molecule has 5 nitrogen and oxygen atoms in total. The number of fused-ring (bicyclic) bond motifs is 1. The Balaban J connectivity index is 1.59. The molecular formula is C19H17ClFNO4. The van der Waals surface area contributed by atoms with E-state index in [-0.39, 0.29) is 30.5 Å². The highest BCUT2D eigenvalue weighted by Gasteiger charge is 2.31. The van der Waals surface area contributed by atoms with Gasteiger partial charge in [0.2, 0.25) is 0 Å². The molecule has 0 saturated carbocycles. The zero-order valence-corrected chi connectivity index (χ0v) is 14.8. The van der Waals surface area contributed by atoms with Crippen LogP contribution in [0.5, 0.6) is 5.75 Å². The van der Waals surface area contributed by atoms with Crippen molar-refractivity contribution < 1.29 is 23.5 Å². The Hall–Kier alpha value is -2.60. The molecule has 0 saturated heterocycles. The number of carbonyl (C=O) groups excluding carboxylic acids is 2. The summed E-state index contributed by atoms with van der Waals surface area (Å²) in [5, 5.41) is 0.198. The van der Waals surface area contributed by atoms with Gasteiger partial charge in [0.05, 0.1) is 17.1 Å². The fraction of sp³-hybridized carbons (Fsp3) is 0.263. The zero-order chi connectivity index (χ0) is 18.7. The van der Waals surface area contributed by atoms with Crippen molar-refractivity contribution in [2.75, 3.05) is 11.4 Å². The van der Waals surface area contributed by atoms with Crippen molar-refractivity contribution in [3.05, 3.63) is 58.9 Å². The van der Waals surface area contributed by atoms with E-state index >= 15 is 0 Å². The number of ether oxygens (including phenoxy) is 2. The van der Waals surface area contributed by atoms with Gasteiger partial charge in [-0.2, -0.15) is 0 Å². The standard InChI is InChI=1S/C19H17ClFNO4/c1-12-19(24)22(16-4-2-3-5-17(16)26-12)9-8-18(23)25-11-13-6-7-14(21)10-15(13)20/h2-7,10,12H,8-9,11H2,1H3/t12-/m0/s1. The van der Waals surface area contributed by atoms with Crippen LogP contribution in [-0.2, 0) is 20.9 Å². The number of esters is 1. The molecule has 1 amide bonds. The number of amides is 1. The molecule has 0 radical (unpaired) electrons. The second kappa shape index (κ2) is 7.74. The molecule has 1 aliphatic rings. The average molecular weight is 378 g/mol. The molecule has 3 rings (SSSR count). The van der Waals surface area contributed by atoms with Gasteiger partial charge in [0.25, 0.3) is 5.91 Å². The van der Waals surface area contributed by atoms with E-state index in [1.165, 1.54) is 17.0 Å². The number of hydrogen-bond donors (Lipinski definition) is 0. The van der Waals surface area contributed by atoms with Crippen LogP contribution in [0, 0.1) is 5.82 Å². The van der Waals surface area contributed by atoms with E-state index in [0.29, 0.717) is 17.0 Å². The Kier molecular flexibility index (Phi) is 5.42. The number of benzene rings is 2. The third-order valence-electron chi connectivity index (χ3n) is 4.02. The summed E-state index contributed by atoms with van der Waals surface area (Å²) in [5.74, 6) is -0.539. The van der Waals surface area contributed by atoms with Crippen molar-refractivity contribution in [1.29, 1.82) is 0 Å². The summed E-state index contributed by atoms with van der Waals surface area (Å²) < 4.78 is 23.8. The molecule has 0 bridgehead atoms. The van der Waals surface area contributed by atoms with Gasteiger partial charge in [0.15, 0.2) is 6.10 Å². The van der Waals surface area contributed by atoms with Crippen molar-refractivity contribution in [3.8, 4) is 5.75 Å². The van der Waals surface area contributed by atoms with Crippen LogP contribution >= 0.6 is 11.6 Å². The van der Waals surface area contributed by atoms with Gasteiger partial charge >= 0.3 is 5.97 Å². The highest BCUT2D eigenvalue weighted by atomic mass is 35.5. The topological polar surface area (TPSA) is 55.8 Å². The van der Waals surface area contributed by atoms with E-state index < -0.39 is 17.9 Å². The Bertz CT molecular complexity index is 842.